The number of sulfone groups is 1. The van der Waals surface area contributed by atoms with Crippen LogP contribution < -0.4 is 5.32 Å². The lowest BCUT2D eigenvalue weighted by Gasteiger charge is -2.28. The minimum atomic E-state index is -3.60. The van der Waals surface area contributed by atoms with Crippen LogP contribution >= 0.6 is 0 Å². The first-order valence-electron chi connectivity index (χ1n) is 9.15. The maximum atomic E-state index is 12.6. The number of rotatable bonds is 6. The average Bonchev–Trinajstić information content (AvgIpc) is 3.20. The predicted octanol–water partition coefficient (Wildman–Crippen LogP) is 2.34. The number of hydrogen-bond donors (Lipinski definition) is 1. The number of carbonyl (C=O) groups is 1. The molecular weight excluding hydrogens is 368 g/mol. The number of benzene rings is 1. The summed E-state index contributed by atoms with van der Waals surface area (Å²) in [5.41, 5.74) is 0.972. The Hall–Kier alpha value is -2.42. The Kier molecular flexibility index (Phi) is 6.10. The van der Waals surface area contributed by atoms with E-state index in [4.69, 9.17) is 4.42 Å². The molecule has 1 aliphatic heterocycles. The molecule has 2 amide bonds. The molecule has 1 aliphatic rings. The molecule has 0 aliphatic carbocycles. The van der Waals surface area contributed by atoms with Crippen molar-refractivity contribution in [3.8, 4) is 0 Å². The fourth-order valence-electron chi connectivity index (χ4n) is 3.00. The number of nitrogens with one attached hydrogen (secondary N) is 1. The first-order valence-corrected chi connectivity index (χ1v) is 10.8. The van der Waals surface area contributed by atoms with Crippen molar-refractivity contribution in [2.45, 2.75) is 43.9 Å². The van der Waals surface area contributed by atoms with Crippen molar-refractivity contribution in [2.75, 3.05) is 18.8 Å². The van der Waals surface area contributed by atoms with E-state index < -0.39 is 21.1 Å². The summed E-state index contributed by atoms with van der Waals surface area (Å²) in [6.45, 7) is 2.94. The van der Waals surface area contributed by atoms with E-state index >= 15 is 0 Å². The Labute approximate surface area is 158 Å². The molecular formula is C18H24N4O4S. The lowest BCUT2D eigenvalue weighted by atomic mass is 10.1. The Morgan fingerprint density at radius 1 is 1.19 bits per heavy atom. The zero-order valence-electron chi connectivity index (χ0n) is 15.3. The third kappa shape index (κ3) is 4.85. The highest BCUT2D eigenvalue weighted by molar-refractivity contribution is 7.91. The molecule has 2 aromatic rings. The van der Waals surface area contributed by atoms with Gasteiger partial charge in [-0.3, -0.25) is 0 Å². The number of carbonyl (C=O) groups excluding carboxylic acids is 1. The Morgan fingerprint density at radius 3 is 2.56 bits per heavy atom. The summed E-state index contributed by atoms with van der Waals surface area (Å²) in [4.78, 5) is 14.4. The van der Waals surface area contributed by atoms with Crippen LogP contribution in [0.5, 0.6) is 0 Å². The van der Waals surface area contributed by atoms with Crippen LogP contribution in [0.25, 0.3) is 0 Å². The number of amides is 2. The number of hydrogen-bond acceptors (Lipinski definition) is 6. The summed E-state index contributed by atoms with van der Waals surface area (Å²) in [6, 6.07) is 8.77. The van der Waals surface area contributed by atoms with Crippen LogP contribution in [0.1, 0.15) is 43.7 Å². The molecule has 1 saturated heterocycles. The molecule has 3 rings (SSSR count). The van der Waals surface area contributed by atoms with E-state index in [1.165, 1.54) is 6.92 Å². The van der Waals surface area contributed by atoms with Gasteiger partial charge in [0.1, 0.15) is 6.04 Å². The normalized spacial score (nSPS) is 16.1. The summed E-state index contributed by atoms with van der Waals surface area (Å²) in [6.07, 6.45) is 3.51. The van der Waals surface area contributed by atoms with E-state index in [2.05, 4.69) is 15.5 Å². The first-order chi connectivity index (χ1) is 13.0. The van der Waals surface area contributed by atoms with Crippen LogP contribution in [0.15, 0.2) is 40.0 Å². The second-order valence-electron chi connectivity index (χ2n) is 6.55. The number of likely N-dealkylation sites (tertiary alicyclic amines) is 1. The van der Waals surface area contributed by atoms with E-state index in [1.54, 1.807) is 4.90 Å². The lowest BCUT2D eigenvalue weighted by molar-refractivity contribution is 0.180. The van der Waals surface area contributed by atoms with Crippen molar-refractivity contribution in [3.05, 3.63) is 41.8 Å². The molecule has 1 fully saturated rings. The molecule has 0 radical (unpaired) electrons. The fraction of sp³-hybridized carbons (Fsp3) is 0.500. The van der Waals surface area contributed by atoms with Crippen molar-refractivity contribution in [3.63, 3.8) is 0 Å². The number of urea groups is 1. The zero-order chi connectivity index (χ0) is 19.3. The van der Waals surface area contributed by atoms with E-state index in [0.29, 0.717) is 19.5 Å². The minimum Gasteiger partial charge on any atom is -0.410 e. The first kappa shape index (κ1) is 19.3. The van der Waals surface area contributed by atoms with Crippen LogP contribution in [-0.4, -0.2) is 48.4 Å². The number of aromatic nitrogens is 2. The summed E-state index contributed by atoms with van der Waals surface area (Å²) < 4.78 is 29.4. The van der Waals surface area contributed by atoms with E-state index in [-0.39, 0.29) is 17.7 Å². The molecule has 0 unspecified atom stereocenters. The van der Waals surface area contributed by atoms with Crippen LogP contribution in [0.3, 0.4) is 0 Å². The van der Waals surface area contributed by atoms with Crippen LogP contribution in [0.2, 0.25) is 0 Å². The summed E-state index contributed by atoms with van der Waals surface area (Å²) >= 11 is 0. The molecule has 146 valence electrons. The topological polar surface area (TPSA) is 105 Å². The van der Waals surface area contributed by atoms with Gasteiger partial charge in [0.25, 0.3) is 0 Å². The molecule has 9 heteroatoms. The van der Waals surface area contributed by atoms with Gasteiger partial charge in [0, 0.05) is 19.5 Å². The van der Waals surface area contributed by atoms with E-state index in [0.717, 1.165) is 24.8 Å². The highest BCUT2D eigenvalue weighted by Crippen LogP contribution is 2.21. The molecule has 1 N–H and O–H groups in total. The van der Waals surface area contributed by atoms with Crippen molar-refractivity contribution in [1.29, 1.82) is 0 Å². The van der Waals surface area contributed by atoms with Gasteiger partial charge in [-0.1, -0.05) is 42.4 Å². The largest absolute Gasteiger partial charge is 0.410 e. The molecule has 2 heterocycles. The molecule has 0 spiro atoms. The molecule has 1 aromatic carbocycles. The van der Waals surface area contributed by atoms with Crippen molar-refractivity contribution < 1.29 is 17.6 Å². The standard InChI is InChI=1S/C18H24N4O4S/c1-2-27(24,25)18-21-20-16(26-18)15(13-14-9-5-3-6-10-14)19-17(23)22-11-7-4-8-12-22/h3,5-6,9-10,15H,2,4,7-8,11-13H2,1H3,(H,19,23)/t15-/m0/s1. The smallest absolute Gasteiger partial charge is 0.335 e. The van der Waals surface area contributed by atoms with Crippen molar-refractivity contribution in [1.82, 2.24) is 20.4 Å². The van der Waals surface area contributed by atoms with Gasteiger partial charge < -0.3 is 14.6 Å². The maximum Gasteiger partial charge on any atom is 0.335 e. The average molecular weight is 392 g/mol. The van der Waals surface area contributed by atoms with E-state index in [9.17, 15) is 13.2 Å². The van der Waals surface area contributed by atoms with E-state index in [1.807, 2.05) is 30.3 Å². The van der Waals surface area contributed by atoms with Gasteiger partial charge in [-0.2, -0.15) is 0 Å². The third-order valence-corrected chi connectivity index (χ3v) is 6.05. The second-order valence-corrected chi connectivity index (χ2v) is 8.71. The monoisotopic (exact) mass is 392 g/mol. The van der Waals surface area contributed by atoms with Gasteiger partial charge in [0.15, 0.2) is 0 Å². The van der Waals surface area contributed by atoms with Gasteiger partial charge in [0.2, 0.25) is 15.7 Å². The highest BCUT2D eigenvalue weighted by atomic mass is 32.2. The lowest BCUT2D eigenvalue weighted by Crippen LogP contribution is -2.44. The van der Waals surface area contributed by atoms with Gasteiger partial charge >= 0.3 is 11.3 Å². The van der Waals surface area contributed by atoms with Gasteiger partial charge in [-0.05, 0) is 24.8 Å². The van der Waals surface area contributed by atoms with Gasteiger partial charge in [0.05, 0.1) is 5.75 Å². The number of piperidine rings is 1. The number of nitrogens with zero attached hydrogens (tertiary/aromatic N) is 3. The Morgan fingerprint density at radius 2 is 1.89 bits per heavy atom. The summed E-state index contributed by atoms with van der Waals surface area (Å²) in [5, 5.41) is 10.1. The fourth-order valence-corrected chi connectivity index (χ4v) is 3.62. The maximum absolute atomic E-state index is 12.6. The Balaban J connectivity index is 1.82. The quantitative estimate of drug-likeness (QED) is 0.809. The zero-order valence-corrected chi connectivity index (χ0v) is 16.1. The van der Waals surface area contributed by atoms with Crippen LogP contribution in [-0.2, 0) is 16.3 Å². The minimum absolute atomic E-state index is 0.0937. The van der Waals surface area contributed by atoms with Gasteiger partial charge in [-0.25, -0.2) is 13.2 Å². The SMILES string of the molecule is CCS(=O)(=O)c1nnc([C@H](Cc2ccccc2)NC(=O)N2CCCCC2)o1. The Bertz CT molecular complexity index is 860. The van der Waals surface area contributed by atoms with Crippen molar-refractivity contribution in [2.24, 2.45) is 0 Å². The van der Waals surface area contributed by atoms with Crippen LogP contribution in [0, 0.1) is 0 Å². The van der Waals surface area contributed by atoms with Gasteiger partial charge in [-0.15, -0.1) is 5.10 Å². The molecule has 0 bridgehead atoms. The molecule has 8 nitrogen and oxygen atoms in total. The molecule has 1 aromatic heterocycles. The highest BCUT2D eigenvalue weighted by Gasteiger charge is 2.27. The van der Waals surface area contributed by atoms with Crippen LogP contribution in [0.4, 0.5) is 4.79 Å². The molecule has 0 saturated carbocycles. The van der Waals surface area contributed by atoms with Crippen molar-refractivity contribution >= 4 is 15.9 Å². The second kappa shape index (κ2) is 8.51. The predicted molar refractivity (Wildman–Crippen MR) is 98.9 cm³/mol. The molecule has 1 atom stereocenters. The molecule has 27 heavy (non-hydrogen) atoms. The summed E-state index contributed by atoms with van der Waals surface area (Å²) in [7, 11) is -3.60. The third-order valence-electron chi connectivity index (χ3n) is 4.59. The summed E-state index contributed by atoms with van der Waals surface area (Å²) in [5.74, 6) is -0.0331.